The predicted octanol–water partition coefficient (Wildman–Crippen LogP) is 5.27. The van der Waals surface area contributed by atoms with Crippen molar-refractivity contribution in [2.75, 3.05) is 6.61 Å². The van der Waals surface area contributed by atoms with Crippen molar-refractivity contribution >= 4 is 11.9 Å². The maximum Gasteiger partial charge on any atom is 0.206 e. The van der Waals surface area contributed by atoms with Crippen LogP contribution in [0.1, 0.15) is 16.7 Å². The van der Waals surface area contributed by atoms with Crippen molar-refractivity contribution in [3.8, 4) is 0 Å². The molecular weight excluding hydrogens is 428 g/mol. The van der Waals surface area contributed by atoms with Gasteiger partial charge in [0.15, 0.2) is 0 Å². The second-order valence-corrected chi connectivity index (χ2v) is 7.83. The maximum atomic E-state index is 6.27. The number of hydrogen-bond donors (Lipinski definition) is 0. The molecule has 0 N–H and O–H groups in total. The highest BCUT2D eigenvalue weighted by atomic mass is 35.5. The van der Waals surface area contributed by atoms with Crippen molar-refractivity contribution in [3.05, 3.63) is 108 Å². The molecular formula is C26H27ClO5. The van der Waals surface area contributed by atoms with E-state index in [2.05, 4.69) is 0 Å². The molecule has 3 aromatic carbocycles. The third-order valence-electron chi connectivity index (χ3n) is 5.32. The molecule has 0 aliphatic carbocycles. The van der Waals surface area contributed by atoms with Crippen LogP contribution in [0.25, 0.3) is 0 Å². The topological polar surface area (TPSA) is 46.2 Å². The molecule has 3 aromatic rings. The summed E-state index contributed by atoms with van der Waals surface area (Å²) in [5.41, 5.74) is 3.20. The van der Waals surface area contributed by atoms with Gasteiger partial charge in [-0.1, -0.05) is 91.0 Å². The monoisotopic (exact) mass is 454 g/mol. The van der Waals surface area contributed by atoms with Gasteiger partial charge in [0.2, 0.25) is 6.29 Å². The quantitative estimate of drug-likeness (QED) is 0.395. The smallest absolute Gasteiger partial charge is 0.206 e. The standard InChI is InChI=1S/C26H27ClO5/c27-32-26-25(30-18-22-14-8-3-9-15-22)24(29-17-21-12-6-2-7-13-21)23(31-26)19-28-16-20-10-4-1-5-11-20/h1-15,23-26H,16-19H2/t23-,24-,25-,26-/m1/s1. The lowest BCUT2D eigenvalue weighted by molar-refractivity contribution is -0.136. The molecule has 1 heterocycles. The van der Waals surface area contributed by atoms with Crippen LogP contribution in [0.4, 0.5) is 0 Å². The molecule has 32 heavy (non-hydrogen) atoms. The van der Waals surface area contributed by atoms with E-state index in [9.17, 15) is 0 Å². The average Bonchev–Trinajstić information content (AvgIpc) is 3.19. The number of halogens is 1. The van der Waals surface area contributed by atoms with Crippen molar-refractivity contribution in [1.82, 2.24) is 0 Å². The first-order valence-corrected chi connectivity index (χ1v) is 11.0. The Balaban J connectivity index is 1.42. The lowest BCUT2D eigenvalue weighted by Crippen LogP contribution is -2.39. The van der Waals surface area contributed by atoms with Crippen LogP contribution >= 0.6 is 11.9 Å². The molecule has 4 rings (SSSR count). The van der Waals surface area contributed by atoms with Gasteiger partial charge in [0.1, 0.15) is 18.3 Å². The van der Waals surface area contributed by atoms with Gasteiger partial charge in [-0.2, -0.15) is 0 Å². The Kier molecular flexibility index (Phi) is 8.68. The summed E-state index contributed by atoms with van der Waals surface area (Å²) in [6.07, 6.45) is -2.04. The van der Waals surface area contributed by atoms with Crippen molar-refractivity contribution < 1.29 is 23.2 Å². The van der Waals surface area contributed by atoms with Crippen molar-refractivity contribution in [3.63, 3.8) is 0 Å². The van der Waals surface area contributed by atoms with Crippen LogP contribution < -0.4 is 0 Å². The van der Waals surface area contributed by atoms with Gasteiger partial charge >= 0.3 is 0 Å². The van der Waals surface area contributed by atoms with Crippen molar-refractivity contribution in [2.45, 2.75) is 44.4 Å². The number of rotatable bonds is 11. The van der Waals surface area contributed by atoms with Crippen LogP contribution in [-0.2, 0) is 43.1 Å². The van der Waals surface area contributed by atoms with Gasteiger partial charge in [-0.25, -0.2) is 4.29 Å². The highest BCUT2D eigenvalue weighted by molar-refractivity contribution is 6.07. The van der Waals surface area contributed by atoms with Gasteiger partial charge in [0.05, 0.1) is 38.3 Å². The minimum Gasteiger partial charge on any atom is -0.374 e. The van der Waals surface area contributed by atoms with E-state index >= 15 is 0 Å². The van der Waals surface area contributed by atoms with Gasteiger partial charge in [-0.15, -0.1) is 0 Å². The predicted molar refractivity (Wildman–Crippen MR) is 122 cm³/mol. The lowest BCUT2D eigenvalue weighted by atomic mass is 10.1. The zero-order chi connectivity index (χ0) is 22.0. The van der Waals surface area contributed by atoms with E-state index in [1.54, 1.807) is 0 Å². The normalized spacial score (nSPS) is 22.8. The first-order chi connectivity index (χ1) is 15.8. The van der Waals surface area contributed by atoms with Gasteiger partial charge in [-0.05, 0) is 16.7 Å². The summed E-state index contributed by atoms with van der Waals surface area (Å²) < 4.78 is 29.5. The number of benzene rings is 3. The molecule has 1 aliphatic rings. The summed E-state index contributed by atoms with van der Waals surface area (Å²) in [5, 5.41) is 0. The second kappa shape index (κ2) is 12.1. The van der Waals surface area contributed by atoms with Crippen LogP contribution in [0.3, 0.4) is 0 Å². The molecule has 4 atom stereocenters. The van der Waals surface area contributed by atoms with E-state index in [1.165, 1.54) is 0 Å². The molecule has 0 bridgehead atoms. The Labute approximate surface area is 194 Å². The molecule has 1 saturated heterocycles. The van der Waals surface area contributed by atoms with E-state index in [1.807, 2.05) is 91.0 Å². The van der Waals surface area contributed by atoms with Crippen molar-refractivity contribution in [1.29, 1.82) is 0 Å². The minimum absolute atomic E-state index is 0.330. The Hall–Kier alpha value is -2.25. The van der Waals surface area contributed by atoms with Crippen LogP contribution in [0.15, 0.2) is 91.0 Å². The van der Waals surface area contributed by atoms with E-state index in [0.717, 1.165) is 16.7 Å². The summed E-state index contributed by atoms with van der Waals surface area (Å²) in [5.74, 6) is 0. The van der Waals surface area contributed by atoms with Crippen LogP contribution in [-0.4, -0.2) is 31.2 Å². The van der Waals surface area contributed by atoms with Gasteiger partial charge in [0.25, 0.3) is 0 Å². The Morgan fingerprint density at radius 1 is 0.625 bits per heavy atom. The maximum absolute atomic E-state index is 6.27. The first-order valence-electron chi connectivity index (χ1n) is 10.7. The van der Waals surface area contributed by atoms with Gasteiger partial charge in [-0.3, -0.25) is 0 Å². The van der Waals surface area contributed by atoms with E-state index in [-0.39, 0.29) is 6.10 Å². The molecule has 0 unspecified atom stereocenters. The summed E-state index contributed by atoms with van der Waals surface area (Å²) in [6, 6.07) is 29.9. The van der Waals surface area contributed by atoms with E-state index < -0.39 is 18.5 Å². The summed E-state index contributed by atoms with van der Waals surface area (Å²) in [4.78, 5) is 0. The molecule has 5 nitrogen and oxygen atoms in total. The van der Waals surface area contributed by atoms with Crippen LogP contribution in [0, 0.1) is 0 Å². The average molecular weight is 455 g/mol. The molecule has 1 aliphatic heterocycles. The third-order valence-corrected chi connectivity index (χ3v) is 5.50. The Bertz CT molecular complexity index is 909. The van der Waals surface area contributed by atoms with Gasteiger partial charge in [0, 0.05) is 0 Å². The molecule has 168 valence electrons. The lowest BCUT2D eigenvalue weighted by Gasteiger charge is -2.24. The van der Waals surface area contributed by atoms with E-state index in [0.29, 0.717) is 26.4 Å². The zero-order valence-corrected chi connectivity index (χ0v) is 18.5. The molecule has 1 fully saturated rings. The highest BCUT2D eigenvalue weighted by Gasteiger charge is 2.47. The Morgan fingerprint density at radius 2 is 1.09 bits per heavy atom. The van der Waals surface area contributed by atoms with Crippen LogP contribution in [0.2, 0.25) is 0 Å². The first kappa shape index (κ1) is 22.9. The van der Waals surface area contributed by atoms with Crippen LogP contribution in [0.5, 0.6) is 0 Å². The molecule has 0 radical (unpaired) electrons. The number of hydrogen-bond acceptors (Lipinski definition) is 5. The molecule has 6 heteroatoms. The Morgan fingerprint density at radius 3 is 1.59 bits per heavy atom. The minimum atomic E-state index is -0.758. The zero-order valence-electron chi connectivity index (χ0n) is 17.7. The van der Waals surface area contributed by atoms with Gasteiger partial charge < -0.3 is 18.9 Å². The fourth-order valence-corrected chi connectivity index (χ4v) is 3.82. The number of ether oxygens (including phenoxy) is 4. The molecule has 0 spiro atoms. The second-order valence-electron chi connectivity index (χ2n) is 7.66. The third kappa shape index (κ3) is 6.39. The SMILES string of the molecule is ClO[C@H]1O[C@H](COCc2ccccc2)[C@@H](OCc2ccccc2)[C@H]1OCc1ccccc1. The fourth-order valence-electron chi connectivity index (χ4n) is 3.68. The summed E-state index contributed by atoms with van der Waals surface area (Å²) in [6.45, 7) is 1.63. The van der Waals surface area contributed by atoms with E-state index in [4.69, 9.17) is 35.1 Å². The largest absolute Gasteiger partial charge is 0.374 e. The fraction of sp³-hybridized carbons (Fsp3) is 0.308. The van der Waals surface area contributed by atoms with Crippen molar-refractivity contribution in [2.24, 2.45) is 0 Å². The molecule has 0 aromatic heterocycles. The summed E-state index contributed by atoms with van der Waals surface area (Å²) in [7, 11) is 0. The summed E-state index contributed by atoms with van der Waals surface area (Å²) >= 11 is 5.76. The highest BCUT2D eigenvalue weighted by Crippen LogP contribution is 2.30. The molecule has 0 amide bonds. The molecule has 0 saturated carbocycles.